The summed E-state index contributed by atoms with van der Waals surface area (Å²) in [4.78, 5) is 11.6. The minimum atomic E-state index is -0.0953. The monoisotopic (exact) mass is 196 g/mol. The molecule has 0 radical (unpaired) electrons. The van der Waals surface area contributed by atoms with Gasteiger partial charge in [-0.05, 0) is 18.8 Å². The minimum absolute atomic E-state index is 0.0630. The van der Waals surface area contributed by atoms with Crippen molar-refractivity contribution in [2.75, 3.05) is 13.2 Å². The zero-order valence-corrected chi connectivity index (χ0v) is 8.20. The fourth-order valence-corrected chi connectivity index (χ4v) is 2.03. The Balaban J connectivity index is 2.46. The van der Waals surface area contributed by atoms with Crippen molar-refractivity contribution in [3.8, 4) is 6.07 Å². The first-order valence-corrected chi connectivity index (χ1v) is 5.05. The van der Waals surface area contributed by atoms with Crippen LogP contribution in [0.2, 0.25) is 0 Å². The van der Waals surface area contributed by atoms with E-state index in [1.807, 2.05) is 6.07 Å². The lowest BCUT2D eigenvalue weighted by molar-refractivity contribution is -0.128. The fraction of sp³-hybridized carbons (Fsp3) is 0.800. The number of hydrogen-bond donors (Lipinski definition) is 2. The highest BCUT2D eigenvalue weighted by atomic mass is 16.3. The van der Waals surface area contributed by atoms with Crippen LogP contribution in [-0.2, 0) is 4.79 Å². The van der Waals surface area contributed by atoms with Gasteiger partial charge in [-0.1, -0.05) is 12.8 Å². The molecule has 0 unspecified atom stereocenters. The molecular formula is C10H16N2O2. The number of amides is 1. The highest BCUT2D eigenvalue weighted by Gasteiger charge is 2.29. The molecule has 1 amide bonds. The Labute approximate surface area is 83.9 Å². The van der Waals surface area contributed by atoms with E-state index in [4.69, 9.17) is 10.4 Å². The lowest BCUT2D eigenvalue weighted by atomic mass is 9.79. The second-order valence-corrected chi connectivity index (χ2v) is 3.71. The van der Waals surface area contributed by atoms with Crippen molar-refractivity contribution in [2.24, 2.45) is 11.8 Å². The molecule has 0 aromatic heterocycles. The molecule has 4 heteroatoms. The first-order chi connectivity index (χ1) is 6.79. The van der Waals surface area contributed by atoms with Gasteiger partial charge >= 0.3 is 0 Å². The van der Waals surface area contributed by atoms with Crippen LogP contribution in [0.5, 0.6) is 0 Å². The molecule has 0 heterocycles. The topological polar surface area (TPSA) is 73.1 Å². The predicted molar refractivity (Wildman–Crippen MR) is 51.2 cm³/mol. The molecule has 78 valence electrons. The van der Waals surface area contributed by atoms with Crippen LogP contribution in [0.25, 0.3) is 0 Å². The summed E-state index contributed by atoms with van der Waals surface area (Å²) >= 11 is 0. The van der Waals surface area contributed by atoms with Gasteiger partial charge in [0.1, 0.15) is 6.54 Å². The van der Waals surface area contributed by atoms with E-state index in [1.54, 1.807) is 0 Å². The van der Waals surface area contributed by atoms with Gasteiger partial charge < -0.3 is 10.4 Å². The molecule has 14 heavy (non-hydrogen) atoms. The molecule has 0 saturated heterocycles. The lowest BCUT2D eigenvalue weighted by Crippen LogP contribution is -2.38. The van der Waals surface area contributed by atoms with Crippen LogP contribution in [0.4, 0.5) is 0 Å². The van der Waals surface area contributed by atoms with E-state index < -0.39 is 0 Å². The fourth-order valence-electron chi connectivity index (χ4n) is 2.03. The second-order valence-electron chi connectivity index (χ2n) is 3.71. The van der Waals surface area contributed by atoms with Crippen LogP contribution >= 0.6 is 0 Å². The molecule has 0 aromatic rings. The molecule has 4 nitrogen and oxygen atoms in total. The highest BCUT2D eigenvalue weighted by molar-refractivity contribution is 5.79. The molecule has 1 fully saturated rings. The zero-order valence-electron chi connectivity index (χ0n) is 8.20. The summed E-state index contributed by atoms with van der Waals surface area (Å²) < 4.78 is 0. The molecule has 1 rings (SSSR count). The Morgan fingerprint density at radius 2 is 2.21 bits per heavy atom. The molecule has 0 bridgehead atoms. The standard InChI is InChI=1S/C10H16N2O2/c11-5-6-12-10(14)9-4-2-1-3-8(9)7-13/h8-9,13H,1-4,6-7H2,(H,12,14)/t8-,9-/m0/s1. The van der Waals surface area contributed by atoms with E-state index >= 15 is 0 Å². The molecule has 0 aliphatic heterocycles. The number of rotatable bonds is 3. The van der Waals surface area contributed by atoms with Gasteiger partial charge in [0.05, 0.1) is 6.07 Å². The summed E-state index contributed by atoms with van der Waals surface area (Å²) in [5.41, 5.74) is 0. The normalized spacial score (nSPS) is 26.6. The quantitative estimate of drug-likeness (QED) is 0.643. The van der Waals surface area contributed by atoms with Crippen LogP contribution in [0.1, 0.15) is 25.7 Å². The maximum atomic E-state index is 11.6. The van der Waals surface area contributed by atoms with Gasteiger partial charge in [0.15, 0.2) is 0 Å². The number of aliphatic hydroxyl groups is 1. The zero-order chi connectivity index (χ0) is 10.4. The van der Waals surface area contributed by atoms with Crippen molar-refractivity contribution in [2.45, 2.75) is 25.7 Å². The van der Waals surface area contributed by atoms with E-state index in [-0.39, 0.29) is 30.9 Å². The summed E-state index contributed by atoms with van der Waals surface area (Å²) in [6.45, 7) is 0.137. The van der Waals surface area contributed by atoms with E-state index in [0.717, 1.165) is 25.7 Å². The predicted octanol–water partition coefficient (Wildman–Crippen LogP) is 0.425. The van der Waals surface area contributed by atoms with Crippen molar-refractivity contribution in [3.05, 3.63) is 0 Å². The Hall–Kier alpha value is -1.08. The van der Waals surface area contributed by atoms with Crippen molar-refractivity contribution < 1.29 is 9.90 Å². The number of nitrogens with zero attached hydrogens (tertiary/aromatic N) is 1. The van der Waals surface area contributed by atoms with Crippen molar-refractivity contribution in [1.29, 1.82) is 5.26 Å². The molecular weight excluding hydrogens is 180 g/mol. The van der Waals surface area contributed by atoms with Crippen molar-refractivity contribution in [1.82, 2.24) is 5.32 Å². The van der Waals surface area contributed by atoms with E-state index in [1.165, 1.54) is 0 Å². The first kappa shape index (κ1) is 11.0. The summed E-state index contributed by atoms with van der Waals surface area (Å²) in [7, 11) is 0. The van der Waals surface area contributed by atoms with Gasteiger partial charge in [-0.2, -0.15) is 5.26 Å². The van der Waals surface area contributed by atoms with Gasteiger partial charge in [0.25, 0.3) is 0 Å². The average Bonchev–Trinajstić information content (AvgIpc) is 2.25. The third-order valence-electron chi connectivity index (χ3n) is 2.82. The maximum Gasteiger partial charge on any atom is 0.224 e. The van der Waals surface area contributed by atoms with Gasteiger partial charge in [0, 0.05) is 12.5 Å². The second kappa shape index (κ2) is 5.61. The SMILES string of the molecule is N#CCNC(=O)[C@H]1CCCC[C@H]1CO. The average molecular weight is 196 g/mol. The Bertz CT molecular complexity index is 235. The minimum Gasteiger partial charge on any atom is -0.396 e. The van der Waals surface area contributed by atoms with Crippen LogP contribution in [0, 0.1) is 23.2 Å². The van der Waals surface area contributed by atoms with E-state index in [0.29, 0.717) is 0 Å². The van der Waals surface area contributed by atoms with Crippen molar-refractivity contribution in [3.63, 3.8) is 0 Å². The maximum absolute atomic E-state index is 11.6. The van der Waals surface area contributed by atoms with Crippen molar-refractivity contribution >= 4 is 5.91 Å². The molecule has 0 spiro atoms. The summed E-state index contributed by atoms with van der Waals surface area (Å²) in [5, 5.41) is 20.0. The molecule has 2 atom stereocenters. The smallest absolute Gasteiger partial charge is 0.224 e. The van der Waals surface area contributed by atoms with Crippen LogP contribution in [-0.4, -0.2) is 24.2 Å². The number of aliphatic hydroxyl groups excluding tert-OH is 1. The molecule has 2 N–H and O–H groups in total. The van der Waals surface area contributed by atoms with E-state index in [2.05, 4.69) is 5.32 Å². The number of nitriles is 1. The Morgan fingerprint density at radius 1 is 1.50 bits per heavy atom. The van der Waals surface area contributed by atoms with Crippen LogP contribution in [0.3, 0.4) is 0 Å². The first-order valence-electron chi connectivity index (χ1n) is 5.05. The number of carbonyl (C=O) groups excluding carboxylic acids is 1. The van der Waals surface area contributed by atoms with Crippen LogP contribution in [0.15, 0.2) is 0 Å². The molecule has 1 aliphatic carbocycles. The summed E-state index contributed by atoms with van der Waals surface area (Å²) in [6, 6.07) is 1.88. The molecule has 0 aromatic carbocycles. The summed E-state index contributed by atoms with van der Waals surface area (Å²) in [5.74, 6) is -0.0881. The van der Waals surface area contributed by atoms with Gasteiger partial charge in [-0.15, -0.1) is 0 Å². The third kappa shape index (κ3) is 2.71. The third-order valence-corrected chi connectivity index (χ3v) is 2.82. The Kier molecular flexibility index (Phi) is 4.41. The molecule has 1 saturated carbocycles. The summed E-state index contributed by atoms with van der Waals surface area (Å²) in [6.07, 6.45) is 3.89. The number of carbonyl (C=O) groups is 1. The highest BCUT2D eigenvalue weighted by Crippen LogP contribution is 2.29. The number of nitrogens with one attached hydrogen (secondary N) is 1. The van der Waals surface area contributed by atoms with Gasteiger partial charge in [-0.3, -0.25) is 4.79 Å². The lowest BCUT2D eigenvalue weighted by Gasteiger charge is -2.28. The molecule has 1 aliphatic rings. The number of hydrogen-bond acceptors (Lipinski definition) is 3. The van der Waals surface area contributed by atoms with Gasteiger partial charge in [-0.25, -0.2) is 0 Å². The van der Waals surface area contributed by atoms with Crippen LogP contribution < -0.4 is 5.32 Å². The largest absolute Gasteiger partial charge is 0.396 e. The van der Waals surface area contributed by atoms with Gasteiger partial charge in [0.2, 0.25) is 5.91 Å². The van der Waals surface area contributed by atoms with E-state index in [9.17, 15) is 4.79 Å². The Morgan fingerprint density at radius 3 is 2.86 bits per heavy atom.